The van der Waals surface area contributed by atoms with E-state index in [9.17, 15) is 9.59 Å². The molecule has 13 heavy (non-hydrogen) atoms. The van der Waals surface area contributed by atoms with E-state index >= 15 is 0 Å². The molecule has 6 heteroatoms. The number of carboxylic acid groups (broad SMARTS) is 1. The molecule has 1 atom stereocenters. The Morgan fingerprint density at radius 1 is 1.46 bits per heavy atom. The summed E-state index contributed by atoms with van der Waals surface area (Å²) in [6.45, 7) is 2.90. The second kappa shape index (κ2) is 6.36. The summed E-state index contributed by atoms with van der Waals surface area (Å²) in [5.74, 6) is -2.05. The minimum atomic E-state index is -1.23. The van der Waals surface area contributed by atoms with Gasteiger partial charge in [0, 0.05) is 12.2 Å². The number of ether oxygens (including phenoxy) is 1. The van der Waals surface area contributed by atoms with Crippen LogP contribution in [-0.4, -0.2) is 34.9 Å². The maximum Gasteiger partial charge on any atom is 0.331 e. The fraction of sp³-hybridized carbons (Fsp3) is 0.286. The first-order valence-electron chi connectivity index (χ1n) is 3.11. The average molecular weight is 440 g/mol. The quantitative estimate of drug-likeness (QED) is 0.346. The van der Waals surface area contributed by atoms with Gasteiger partial charge in [-0.3, -0.25) is 0 Å². The van der Waals surface area contributed by atoms with Crippen LogP contribution < -0.4 is 0 Å². The number of esters is 1. The van der Waals surface area contributed by atoms with Crippen molar-refractivity contribution in [3.8, 4) is 0 Å². The van der Waals surface area contributed by atoms with Crippen LogP contribution in [-0.2, 0) is 14.3 Å². The largest absolute Gasteiger partial charge is 0.478 e. The molecule has 0 aromatic heterocycles. The van der Waals surface area contributed by atoms with Gasteiger partial charge in [0.25, 0.3) is 0 Å². The Kier molecular flexibility index (Phi) is 6.48. The molecule has 0 aliphatic carbocycles. The Morgan fingerprint density at radius 3 is 2.38 bits per heavy atom. The Hall–Kier alpha value is -2.36. The molecule has 0 saturated heterocycles. The van der Waals surface area contributed by atoms with Crippen molar-refractivity contribution < 1.29 is 24.5 Å². The molecule has 0 amide bonds. The van der Waals surface area contributed by atoms with Gasteiger partial charge in [0.15, 0.2) is 0 Å². The molecule has 0 aliphatic heterocycles. The minimum absolute atomic E-state index is 0. The first-order chi connectivity index (χ1) is 5.52. The van der Waals surface area contributed by atoms with E-state index in [1.54, 1.807) is 0 Å². The molecular formula is C7H9O5Rf-. The van der Waals surface area contributed by atoms with Gasteiger partial charge in [-0.2, -0.15) is 0 Å². The topological polar surface area (TPSA) is 83.8 Å². The molecule has 0 bridgehead atoms. The molecule has 0 aromatic rings. The summed E-state index contributed by atoms with van der Waals surface area (Å²) in [6.07, 6.45) is 0.412. The van der Waals surface area contributed by atoms with E-state index in [0.29, 0.717) is 6.08 Å². The third-order valence-corrected chi connectivity index (χ3v) is 0.780. The standard InChI is InChI=1S/C7H9O5.Rf/c1-5(8)4-12-7(11)3-2-6(9)10;/h2-3,5,8H,1,4H2,(H,9,10);/q-1;/b3-2-;. The molecule has 0 fully saturated rings. The van der Waals surface area contributed by atoms with Crippen LogP contribution in [0.2, 0.25) is 0 Å². The first kappa shape index (κ1) is 13.2. The number of aliphatic carboxylic acids is 1. The van der Waals surface area contributed by atoms with Crippen molar-refractivity contribution in [3.63, 3.8) is 0 Å². The summed E-state index contributed by atoms with van der Waals surface area (Å²) >= 11 is 0. The van der Waals surface area contributed by atoms with Crippen molar-refractivity contribution in [1.29, 1.82) is 0 Å². The minimum Gasteiger partial charge on any atom is -0.478 e. The van der Waals surface area contributed by atoms with Crippen LogP contribution in [0.1, 0.15) is 0 Å². The monoisotopic (exact) mass is 440 g/mol. The SMILES string of the molecule is [CH2-]C(O)COC(=O)/C=C\C(=O)O.[Rf]. The van der Waals surface area contributed by atoms with Gasteiger partial charge in [-0.05, 0) is 6.10 Å². The zero-order valence-electron chi connectivity index (χ0n) is 6.97. The summed E-state index contributed by atoms with van der Waals surface area (Å²) in [7, 11) is 0. The Labute approximate surface area is 69.3 Å². The van der Waals surface area contributed by atoms with Crippen LogP contribution in [0.5, 0.6) is 0 Å². The van der Waals surface area contributed by atoms with Gasteiger partial charge in [0.2, 0.25) is 0 Å². The van der Waals surface area contributed by atoms with Crippen molar-refractivity contribution in [2.45, 2.75) is 6.10 Å². The van der Waals surface area contributed by atoms with E-state index < -0.39 is 18.0 Å². The molecule has 70 valence electrons. The zero-order valence-corrected chi connectivity index (χ0v) is 13.4. The molecule has 0 aliphatic rings. The predicted molar refractivity (Wildman–Crippen MR) is 39.1 cm³/mol. The molecule has 5 nitrogen and oxygen atoms in total. The number of aliphatic hydroxyl groups excluding tert-OH is 1. The fourth-order valence-electron chi connectivity index (χ4n) is 0.366. The van der Waals surface area contributed by atoms with Crippen molar-refractivity contribution in [2.75, 3.05) is 6.61 Å². The third kappa shape index (κ3) is 9.64. The van der Waals surface area contributed by atoms with Gasteiger partial charge < -0.3 is 21.9 Å². The predicted octanol–water partition coefficient (Wildman–Crippen LogP) is -0.635. The second-order valence-corrected chi connectivity index (χ2v) is 1.96. The molecule has 0 aromatic carbocycles. The van der Waals surface area contributed by atoms with Gasteiger partial charge in [0.05, 0.1) is 6.61 Å². The zero-order chi connectivity index (χ0) is 9.56. The maximum absolute atomic E-state index is 10.5. The van der Waals surface area contributed by atoms with Crippen LogP contribution in [0.25, 0.3) is 0 Å². The van der Waals surface area contributed by atoms with Gasteiger partial charge in [-0.15, -0.1) is 0 Å². The molecule has 0 rings (SSSR count). The summed E-state index contributed by atoms with van der Waals surface area (Å²) < 4.78 is 4.35. The molecule has 0 radical (unpaired) electrons. The summed E-state index contributed by atoms with van der Waals surface area (Å²) in [6, 6.07) is 0. The first-order valence-corrected chi connectivity index (χ1v) is 3.11. The van der Waals surface area contributed by atoms with Gasteiger partial charge >= 0.3 is 11.9 Å². The Balaban J connectivity index is 0. The number of rotatable bonds is 4. The molecule has 0 spiro atoms. The molecule has 1 unspecified atom stereocenters. The smallest absolute Gasteiger partial charge is 0.331 e. The number of carboxylic acids is 1. The van der Waals surface area contributed by atoms with E-state index in [-0.39, 0.29) is 6.61 Å². The fourth-order valence-corrected chi connectivity index (χ4v) is 0.366. The summed E-state index contributed by atoms with van der Waals surface area (Å²) in [5, 5.41) is 16.6. The van der Waals surface area contributed by atoms with E-state index in [0.717, 1.165) is 6.08 Å². The van der Waals surface area contributed by atoms with Crippen LogP contribution in [0.15, 0.2) is 12.2 Å². The van der Waals surface area contributed by atoms with Crippen molar-refractivity contribution in [1.82, 2.24) is 0 Å². The maximum atomic E-state index is 10.5. The number of hydrogen-bond acceptors (Lipinski definition) is 4. The molecular weight excluding hydrogens is 431 g/mol. The van der Waals surface area contributed by atoms with Crippen LogP contribution in [0.3, 0.4) is 0 Å². The third-order valence-electron chi connectivity index (χ3n) is 0.780. The number of aliphatic hydroxyl groups is 1. The van der Waals surface area contributed by atoms with E-state index in [1.165, 1.54) is 0 Å². The number of carbonyl (C=O) groups is 2. The van der Waals surface area contributed by atoms with Crippen molar-refractivity contribution in [3.05, 3.63) is 19.1 Å². The number of hydrogen-bond donors (Lipinski definition) is 2. The van der Waals surface area contributed by atoms with E-state index in [4.69, 9.17) is 10.2 Å². The van der Waals surface area contributed by atoms with Gasteiger partial charge in [-0.1, -0.05) is 0 Å². The van der Waals surface area contributed by atoms with Crippen LogP contribution >= 0.6 is 0 Å². The van der Waals surface area contributed by atoms with Crippen molar-refractivity contribution in [2.24, 2.45) is 0 Å². The van der Waals surface area contributed by atoms with Gasteiger partial charge in [-0.25, -0.2) is 9.59 Å². The Morgan fingerprint density at radius 2 is 2.00 bits per heavy atom. The summed E-state index contributed by atoms with van der Waals surface area (Å²) in [5.41, 5.74) is 0. The summed E-state index contributed by atoms with van der Waals surface area (Å²) in [4.78, 5) is 20.4. The van der Waals surface area contributed by atoms with E-state index in [2.05, 4.69) is 11.7 Å². The van der Waals surface area contributed by atoms with E-state index in [1.807, 2.05) is 0 Å². The molecule has 2 N–H and O–H groups in total. The molecule has 0 saturated carbocycles. The van der Waals surface area contributed by atoms with Gasteiger partial charge in [0.1, 0.15) is 0 Å². The Bertz CT molecular complexity index is 199. The van der Waals surface area contributed by atoms with Crippen LogP contribution in [0, 0.1) is 6.92 Å². The average Bonchev–Trinajstić information content (AvgIpc) is 1.96. The second-order valence-electron chi connectivity index (χ2n) is 1.96. The van der Waals surface area contributed by atoms with Crippen LogP contribution in [0.4, 0.5) is 0 Å². The number of carbonyl (C=O) groups excluding carboxylic acids is 1. The normalized spacial score (nSPS) is 11.8. The van der Waals surface area contributed by atoms with Crippen molar-refractivity contribution >= 4 is 11.9 Å². The molecule has 0 heterocycles.